The summed E-state index contributed by atoms with van der Waals surface area (Å²) in [5, 5.41) is 0. The molecule has 54 heavy (non-hydrogen) atoms. The number of hydrogen-bond acceptors (Lipinski definition) is 8. The fraction of sp³-hybridized carbons (Fsp3) is 0.955. The van der Waals surface area contributed by atoms with Crippen LogP contribution in [0.5, 0.6) is 0 Å². The molecule has 0 aliphatic rings. The highest BCUT2D eigenvalue weighted by Gasteiger charge is 2.26. The Hall–Kier alpha value is -0.990. The molecule has 0 aromatic heterocycles. The first kappa shape index (κ1) is 53.0. The lowest BCUT2D eigenvalue weighted by atomic mass is 10.0. The number of esters is 2. The molecule has 0 fully saturated rings. The number of phosphoric acid groups is 1. The summed E-state index contributed by atoms with van der Waals surface area (Å²) in [5.41, 5.74) is 5.35. The van der Waals surface area contributed by atoms with Crippen molar-refractivity contribution in [3.63, 3.8) is 0 Å². The lowest BCUT2D eigenvalue weighted by molar-refractivity contribution is -0.161. The molecule has 0 rings (SSSR count). The van der Waals surface area contributed by atoms with Crippen molar-refractivity contribution in [3.05, 3.63) is 0 Å². The lowest BCUT2D eigenvalue weighted by Gasteiger charge is -2.19. The second-order valence-corrected chi connectivity index (χ2v) is 17.1. The van der Waals surface area contributed by atoms with Gasteiger partial charge in [0.05, 0.1) is 13.2 Å². The Balaban J connectivity index is 4.05. The molecule has 3 N–H and O–H groups in total. The Bertz CT molecular complexity index is 860. The fourth-order valence-electron chi connectivity index (χ4n) is 6.81. The van der Waals surface area contributed by atoms with E-state index >= 15 is 0 Å². The zero-order valence-electron chi connectivity index (χ0n) is 35.5. The highest BCUT2D eigenvalue weighted by molar-refractivity contribution is 7.47. The highest BCUT2D eigenvalue weighted by Crippen LogP contribution is 2.43. The number of carbonyl (C=O) groups is 2. The third kappa shape index (κ3) is 40.7. The maximum absolute atomic E-state index is 12.6. The normalized spacial score (nSPS) is 13.2. The minimum Gasteiger partial charge on any atom is -0.462 e. The van der Waals surface area contributed by atoms with Gasteiger partial charge in [-0.05, 0) is 12.8 Å². The van der Waals surface area contributed by atoms with Gasteiger partial charge in [0.15, 0.2) is 6.10 Å². The predicted octanol–water partition coefficient (Wildman–Crippen LogP) is 13.2. The van der Waals surface area contributed by atoms with E-state index in [1.807, 2.05) is 0 Å². The highest BCUT2D eigenvalue weighted by atomic mass is 31.2. The van der Waals surface area contributed by atoms with Crippen molar-refractivity contribution in [2.75, 3.05) is 26.4 Å². The van der Waals surface area contributed by atoms with Crippen molar-refractivity contribution in [3.8, 4) is 0 Å². The Morgan fingerprint density at radius 2 is 0.796 bits per heavy atom. The molecule has 0 heterocycles. The van der Waals surface area contributed by atoms with Crippen LogP contribution >= 0.6 is 7.82 Å². The van der Waals surface area contributed by atoms with Gasteiger partial charge in [-0.2, -0.15) is 0 Å². The van der Waals surface area contributed by atoms with Crippen LogP contribution in [0.15, 0.2) is 0 Å². The molecule has 0 amide bonds. The number of rotatable bonds is 44. The largest absolute Gasteiger partial charge is 0.472 e. The maximum atomic E-state index is 12.6. The topological polar surface area (TPSA) is 134 Å². The molecule has 2 unspecified atom stereocenters. The second kappa shape index (κ2) is 41.6. The van der Waals surface area contributed by atoms with Crippen LogP contribution in [-0.4, -0.2) is 49.3 Å². The average molecular weight is 790 g/mol. The summed E-state index contributed by atoms with van der Waals surface area (Å²) in [6.07, 6.45) is 41.3. The summed E-state index contributed by atoms with van der Waals surface area (Å²) in [6, 6.07) is 0. The van der Waals surface area contributed by atoms with Gasteiger partial charge in [0.25, 0.3) is 0 Å². The summed E-state index contributed by atoms with van der Waals surface area (Å²) in [7, 11) is -4.37. The predicted molar refractivity (Wildman–Crippen MR) is 225 cm³/mol. The molecule has 0 aromatic rings. The van der Waals surface area contributed by atoms with Crippen molar-refractivity contribution >= 4 is 19.8 Å². The molecule has 10 heteroatoms. The number of hydrogen-bond donors (Lipinski definition) is 2. The molecular formula is C44H88NO8P. The third-order valence-corrected chi connectivity index (χ3v) is 11.2. The number of unbranched alkanes of at least 4 members (excludes halogenated alkanes) is 31. The van der Waals surface area contributed by atoms with Crippen LogP contribution in [0.2, 0.25) is 0 Å². The van der Waals surface area contributed by atoms with Crippen LogP contribution < -0.4 is 5.73 Å². The van der Waals surface area contributed by atoms with Gasteiger partial charge in [-0.1, -0.05) is 213 Å². The zero-order chi connectivity index (χ0) is 39.6. The molecule has 322 valence electrons. The molecule has 9 nitrogen and oxygen atoms in total. The lowest BCUT2D eigenvalue weighted by Crippen LogP contribution is -2.29. The fourth-order valence-corrected chi connectivity index (χ4v) is 7.58. The van der Waals surface area contributed by atoms with E-state index in [0.717, 1.165) is 32.1 Å². The van der Waals surface area contributed by atoms with E-state index in [1.54, 1.807) is 0 Å². The van der Waals surface area contributed by atoms with Crippen LogP contribution in [0.3, 0.4) is 0 Å². The summed E-state index contributed by atoms with van der Waals surface area (Å²) in [5.74, 6) is -0.811. The van der Waals surface area contributed by atoms with E-state index in [9.17, 15) is 19.0 Å². The first-order valence-electron chi connectivity index (χ1n) is 23.0. The van der Waals surface area contributed by atoms with E-state index in [-0.39, 0.29) is 38.6 Å². The first-order valence-corrected chi connectivity index (χ1v) is 24.5. The van der Waals surface area contributed by atoms with Crippen molar-refractivity contribution < 1.29 is 37.6 Å². The Morgan fingerprint density at radius 1 is 0.481 bits per heavy atom. The van der Waals surface area contributed by atoms with Gasteiger partial charge in [-0.3, -0.25) is 18.6 Å². The standard InChI is InChI=1S/C44H88NO8P/c1-3-5-7-9-11-13-15-17-19-20-21-22-23-25-27-29-31-33-35-37-44(47)53-42(41-52-54(48,49)51-39-38-45)40-50-43(46)36-34-32-30-28-26-24-18-16-14-12-10-8-6-4-2/h42H,3-41,45H2,1-2H3,(H,48,49). The second-order valence-electron chi connectivity index (χ2n) is 15.6. The number of carbonyl (C=O) groups excluding carboxylic acids is 2. The van der Waals surface area contributed by atoms with E-state index in [2.05, 4.69) is 13.8 Å². The third-order valence-electron chi connectivity index (χ3n) is 10.2. The molecule has 0 spiro atoms. The molecule has 0 bridgehead atoms. The molecule has 0 aromatic carbocycles. The molecule has 0 aliphatic heterocycles. The van der Waals surface area contributed by atoms with Gasteiger partial charge in [0, 0.05) is 19.4 Å². The number of phosphoric ester groups is 1. The minimum absolute atomic E-state index is 0.0582. The van der Waals surface area contributed by atoms with Crippen LogP contribution in [0.25, 0.3) is 0 Å². The molecule has 0 aliphatic carbocycles. The zero-order valence-corrected chi connectivity index (χ0v) is 36.4. The summed E-state index contributed by atoms with van der Waals surface area (Å²) < 4.78 is 32.8. The Labute approximate surface area is 333 Å². The maximum Gasteiger partial charge on any atom is 0.472 e. The molecule has 2 atom stereocenters. The van der Waals surface area contributed by atoms with E-state index in [1.165, 1.54) is 173 Å². The van der Waals surface area contributed by atoms with Crippen molar-refractivity contribution in [2.24, 2.45) is 5.73 Å². The smallest absolute Gasteiger partial charge is 0.462 e. The first-order chi connectivity index (χ1) is 26.3. The number of ether oxygens (including phenoxy) is 2. The van der Waals surface area contributed by atoms with Gasteiger partial charge in [0.1, 0.15) is 6.61 Å². The average Bonchev–Trinajstić information content (AvgIpc) is 3.16. The summed E-state index contributed by atoms with van der Waals surface area (Å²) >= 11 is 0. The summed E-state index contributed by atoms with van der Waals surface area (Å²) in [4.78, 5) is 34.9. The SMILES string of the molecule is CCCCCCCCCCCCCCCCCCCCCC(=O)OC(COC(=O)CCCCCCCCCCCCCCCC)COP(=O)(O)OCCN. The van der Waals surface area contributed by atoms with Crippen LogP contribution in [0, 0.1) is 0 Å². The molecular weight excluding hydrogens is 701 g/mol. The number of nitrogens with two attached hydrogens (primary N) is 1. The van der Waals surface area contributed by atoms with Crippen molar-refractivity contribution in [1.82, 2.24) is 0 Å². The molecule has 0 radical (unpaired) electrons. The van der Waals surface area contributed by atoms with Gasteiger partial charge in [0.2, 0.25) is 0 Å². The van der Waals surface area contributed by atoms with E-state index in [0.29, 0.717) is 6.42 Å². The van der Waals surface area contributed by atoms with Crippen LogP contribution in [-0.2, 0) is 32.7 Å². The molecule has 0 saturated heterocycles. The quantitative estimate of drug-likeness (QED) is 0.0351. The summed E-state index contributed by atoms with van der Waals surface area (Å²) in [6.45, 7) is 3.78. The monoisotopic (exact) mass is 790 g/mol. The minimum atomic E-state index is -4.37. The van der Waals surface area contributed by atoms with Crippen LogP contribution in [0.4, 0.5) is 0 Å². The van der Waals surface area contributed by atoms with Crippen molar-refractivity contribution in [2.45, 2.75) is 245 Å². The molecule has 0 saturated carbocycles. The van der Waals surface area contributed by atoms with Gasteiger partial charge in [-0.15, -0.1) is 0 Å². The van der Waals surface area contributed by atoms with E-state index < -0.39 is 26.5 Å². The Kier molecular flexibility index (Phi) is 40.9. The van der Waals surface area contributed by atoms with Gasteiger partial charge >= 0.3 is 19.8 Å². The van der Waals surface area contributed by atoms with Crippen LogP contribution in [0.1, 0.15) is 239 Å². The van der Waals surface area contributed by atoms with Gasteiger partial charge in [-0.25, -0.2) is 4.57 Å². The van der Waals surface area contributed by atoms with Crippen molar-refractivity contribution in [1.29, 1.82) is 0 Å². The van der Waals surface area contributed by atoms with Gasteiger partial charge < -0.3 is 20.1 Å². The Morgan fingerprint density at radius 3 is 1.13 bits per heavy atom. The van der Waals surface area contributed by atoms with E-state index in [4.69, 9.17) is 24.3 Å².